The van der Waals surface area contributed by atoms with Crippen LogP contribution in [0.25, 0.3) is 0 Å². The zero-order valence-corrected chi connectivity index (χ0v) is 16.2. The van der Waals surface area contributed by atoms with E-state index in [1.807, 2.05) is 18.4 Å². The molecule has 0 amide bonds. The van der Waals surface area contributed by atoms with Crippen molar-refractivity contribution in [3.63, 3.8) is 0 Å². The zero-order valence-electron chi connectivity index (χ0n) is 15.4. The number of ether oxygens (including phenoxy) is 2. The molecule has 0 saturated carbocycles. The summed E-state index contributed by atoms with van der Waals surface area (Å²) >= 11 is 0. The minimum atomic E-state index is -3.58. The smallest absolute Gasteiger partial charge is 0.243 e. The largest absolute Gasteiger partial charge is 0.497 e. The topological polar surface area (TPSA) is 73.7 Å². The van der Waals surface area contributed by atoms with Crippen molar-refractivity contribution in [1.29, 1.82) is 0 Å². The molecular formula is C18H25N3O4S. The lowest BCUT2D eigenvalue weighted by molar-refractivity contribution is 0.0631. The summed E-state index contributed by atoms with van der Waals surface area (Å²) < 4.78 is 40.5. The fourth-order valence-corrected chi connectivity index (χ4v) is 4.40. The number of hydrogen-bond acceptors (Lipinski definition) is 5. The van der Waals surface area contributed by atoms with Gasteiger partial charge in [-0.1, -0.05) is 0 Å². The molecule has 0 bridgehead atoms. The lowest BCUT2D eigenvalue weighted by Crippen LogP contribution is -2.31. The maximum absolute atomic E-state index is 13.1. The Morgan fingerprint density at radius 1 is 1.19 bits per heavy atom. The van der Waals surface area contributed by atoms with E-state index in [-0.39, 0.29) is 11.0 Å². The highest BCUT2D eigenvalue weighted by atomic mass is 32.2. The van der Waals surface area contributed by atoms with Crippen LogP contribution in [0.15, 0.2) is 35.5 Å². The van der Waals surface area contributed by atoms with Gasteiger partial charge in [0.1, 0.15) is 5.75 Å². The second-order valence-corrected chi connectivity index (χ2v) is 8.50. The van der Waals surface area contributed by atoms with Crippen molar-refractivity contribution in [2.75, 3.05) is 13.7 Å². The summed E-state index contributed by atoms with van der Waals surface area (Å²) in [6, 6.07) is 6.49. The average Bonchev–Trinajstić information content (AvgIpc) is 2.87. The standard InChI is InChI=1S/C18H25N3O4S/c1-14(2)25-12-17-18-11-21(10-4-9-20(18)13-19-17)26(22,23)16-7-5-15(24-3)6-8-16/h5-8,13-14H,4,9-12H2,1-3H3. The first-order chi connectivity index (χ1) is 12.4. The van der Waals surface area contributed by atoms with E-state index >= 15 is 0 Å². The number of fused-ring (bicyclic) bond motifs is 1. The van der Waals surface area contributed by atoms with E-state index < -0.39 is 10.0 Å². The predicted octanol–water partition coefficient (Wildman–Crippen LogP) is 2.41. The molecule has 0 unspecified atom stereocenters. The van der Waals surface area contributed by atoms with Gasteiger partial charge in [-0.3, -0.25) is 0 Å². The van der Waals surface area contributed by atoms with Gasteiger partial charge >= 0.3 is 0 Å². The molecular weight excluding hydrogens is 354 g/mol. The molecule has 3 rings (SSSR count). The van der Waals surface area contributed by atoms with E-state index in [1.165, 1.54) is 4.31 Å². The van der Waals surface area contributed by atoms with Gasteiger partial charge < -0.3 is 14.0 Å². The maximum atomic E-state index is 13.1. The first-order valence-corrected chi connectivity index (χ1v) is 10.1. The number of aromatic nitrogens is 2. The van der Waals surface area contributed by atoms with Crippen LogP contribution >= 0.6 is 0 Å². The van der Waals surface area contributed by atoms with E-state index in [0.29, 0.717) is 25.4 Å². The van der Waals surface area contributed by atoms with Gasteiger partial charge in [-0.05, 0) is 44.5 Å². The molecule has 0 atom stereocenters. The Morgan fingerprint density at radius 3 is 2.58 bits per heavy atom. The number of imidazole rings is 1. The van der Waals surface area contributed by atoms with Crippen LogP contribution in [-0.2, 0) is 34.5 Å². The van der Waals surface area contributed by atoms with E-state index in [9.17, 15) is 8.42 Å². The Hall–Kier alpha value is -1.90. The highest BCUT2D eigenvalue weighted by molar-refractivity contribution is 7.89. The Bertz CT molecular complexity index is 844. The summed E-state index contributed by atoms with van der Waals surface area (Å²) in [6.45, 7) is 5.84. The van der Waals surface area contributed by atoms with Crippen LogP contribution in [0.2, 0.25) is 0 Å². The molecule has 0 N–H and O–H groups in total. The number of methoxy groups -OCH3 is 1. The lowest BCUT2D eigenvalue weighted by atomic mass is 10.3. The fourth-order valence-electron chi connectivity index (χ4n) is 2.96. The lowest BCUT2D eigenvalue weighted by Gasteiger charge is -2.20. The summed E-state index contributed by atoms with van der Waals surface area (Å²) in [5.74, 6) is 0.631. The van der Waals surface area contributed by atoms with Crippen molar-refractivity contribution in [2.24, 2.45) is 0 Å². The van der Waals surface area contributed by atoms with Crippen LogP contribution in [0.1, 0.15) is 31.7 Å². The van der Waals surface area contributed by atoms with Gasteiger partial charge in [0.15, 0.2) is 0 Å². The molecule has 2 heterocycles. The summed E-state index contributed by atoms with van der Waals surface area (Å²) in [5, 5.41) is 0. The molecule has 142 valence electrons. The van der Waals surface area contributed by atoms with E-state index in [2.05, 4.69) is 4.98 Å². The molecule has 0 spiro atoms. The van der Waals surface area contributed by atoms with Gasteiger partial charge in [-0.15, -0.1) is 0 Å². The molecule has 8 heteroatoms. The number of sulfonamides is 1. The Kier molecular flexibility index (Phi) is 5.64. The summed E-state index contributed by atoms with van der Waals surface area (Å²) in [6.07, 6.45) is 2.61. The fraction of sp³-hybridized carbons (Fsp3) is 0.500. The van der Waals surface area contributed by atoms with Crippen LogP contribution in [0.5, 0.6) is 5.75 Å². The second-order valence-electron chi connectivity index (χ2n) is 6.56. The first-order valence-electron chi connectivity index (χ1n) is 8.70. The van der Waals surface area contributed by atoms with E-state index in [1.54, 1.807) is 37.7 Å². The minimum absolute atomic E-state index is 0.0947. The highest BCUT2D eigenvalue weighted by Crippen LogP contribution is 2.25. The summed E-state index contributed by atoms with van der Waals surface area (Å²) in [5.41, 5.74) is 1.70. The van der Waals surface area contributed by atoms with Gasteiger partial charge in [0, 0.05) is 13.1 Å². The van der Waals surface area contributed by atoms with Gasteiger partial charge in [0.25, 0.3) is 0 Å². The number of nitrogens with zero attached hydrogens (tertiary/aromatic N) is 3. The van der Waals surface area contributed by atoms with Gasteiger partial charge in [0.05, 0.1) is 49.0 Å². The van der Waals surface area contributed by atoms with E-state index in [0.717, 1.165) is 24.4 Å². The number of aryl methyl sites for hydroxylation is 1. The molecule has 0 radical (unpaired) electrons. The van der Waals surface area contributed by atoms with Gasteiger partial charge in [-0.2, -0.15) is 4.31 Å². The summed E-state index contributed by atoms with van der Waals surface area (Å²) in [4.78, 5) is 4.69. The third kappa shape index (κ3) is 3.92. The number of rotatable bonds is 6. The molecule has 0 aliphatic carbocycles. The first kappa shape index (κ1) is 18.9. The summed E-state index contributed by atoms with van der Waals surface area (Å²) in [7, 11) is -2.03. The third-order valence-electron chi connectivity index (χ3n) is 4.42. The Balaban J connectivity index is 1.86. The molecule has 1 aromatic heterocycles. The third-order valence-corrected chi connectivity index (χ3v) is 6.28. The monoisotopic (exact) mass is 379 g/mol. The van der Waals surface area contributed by atoms with Crippen molar-refractivity contribution in [1.82, 2.24) is 13.9 Å². The second kappa shape index (κ2) is 7.77. The van der Waals surface area contributed by atoms with Crippen LogP contribution in [0, 0.1) is 0 Å². The Labute approximate surface area is 154 Å². The zero-order chi connectivity index (χ0) is 18.7. The molecule has 26 heavy (non-hydrogen) atoms. The quantitative estimate of drug-likeness (QED) is 0.771. The van der Waals surface area contributed by atoms with Crippen molar-refractivity contribution in [3.8, 4) is 5.75 Å². The van der Waals surface area contributed by atoms with Crippen LogP contribution in [0.4, 0.5) is 0 Å². The molecule has 7 nitrogen and oxygen atoms in total. The maximum Gasteiger partial charge on any atom is 0.243 e. The SMILES string of the molecule is COc1ccc(S(=O)(=O)N2CCCn3cnc(COC(C)C)c3C2)cc1. The average molecular weight is 379 g/mol. The number of benzene rings is 1. The molecule has 1 aliphatic heterocycles. The van der Waals surface area contributed by atoms with Gasteiger partial charge in [-0.25, -0.2) is 13.4 Å². The molecule has 1 aliphatic rings. The van der Waals surface area contributed by atoms with Crippen molar-refractivity contribution in [2.45, 2.75) is 51.0 Å². The molecule has 1 aromatic carbocycles. The van der Waals surface area contributed by atoms with Crippen molar-refractivity contribution >= 4 is 10.0 Å². The molecule has 2 aromatic rings. The Morgan fingerprint density at radius 2 is 1.92 bits per heavy atom. The molecule has 0 saturated heterocycles. The highest BCUT2D eigenvalue weighted by Gasteiger charge is 2.29. The van der Waals surface area contributed by atoms with Crippen LogP contribution in [0.3, 0.4) is 0 Å². The van der Waals surface area contributed by atoms with Gasteiger partial charge in [0.2, 0.25) is 10.0 Å². The predicted molar refractivity (Wildman–Crippen MR) is 97.4 cm³/mol. The molecule has 0 fully saturated rings. The van der Waals surface area contributed by atoms with Crippen LogP contribution < -0.4 is 4.74 Å². The minimum Gasteiger partial charge on any atom is -0.497 e. The van der Waals surface area contributed by atoms with Crippen molar-refractivity contribution in [3.05, 3.63) is 42.0 Å². The normalized spacial score (nSPS) is 15.7. The van der Waals surface area contributed by atoms with Crippen molar-refractivity contribution < 1.29 is 17.9 Å². The van der Waals surface area contributed by atoms with E-state index in [4.69, 9.17) is 9.47 Å². The van der Waals surface area contributed by atoms with Crippen LogP contribution in [-0.4, -0.2) is 42.0 Å². The number of hydrogen-bond donors (Lipinski definition) is 0.